The lowest BCUT2D eigenvalue weighted by Gasteiger charge is -2.17. The summed E-state index contributed by atoms with van der Waals surface area (Å²) in [6.07, 6.45) is 0. The van der Waals surface area contributed by atoms with Gasteiger partial charge in [-0.05, 0) is 42.8 Å². The molecule has 5 heteroatoms. The molecule has 2 aromatic rings. The monoisotopic (exact) mass is 317 g/mol. The van der Waals surface area contributed by atoms with Crippen LogP contribution in [0.2, 0.25) is 9.36 Å². The highest BCUT2D eigenvalue weighted by atomic mass is 35.5. The van der Waals surface area contributed by atoms with Crippen molar-refractivity contribution in [3.05, 3.63) is 55.4 Å². The molecule has 0 bridgehead atoms. The van der Waals surface area contributed by atoms with Crippen LogP contribution >= 0.6 is 34.5 Å². The number of benzene rings is 1. The van der Waals surface area contributed by atoms with Crippen molar-refractivity contribution in [1.29, 1.82) is 0 Å². The summed E-state index contributed by atoms with van der Waals surface area (Å²) >= 11 is 13.4. The maximum absolute atomic E-state index is 13.6. The number of halogens is 3. The van der Waals surface area contributed by atoms with E-state index in [1.54, 1.807) is 6.07 Å². The van der Waals surface area contributed by atoms with Crippen molar-refractivity contribution in [2.75, 3.05) is 6.54 Å². The minimum Gasteiger partial charge on any atom is -0.306 e. The third kappa shape index (κ3) is 3.29. The zero-order valence-electron chi connectivity index (χ0n) is 10.6. The van der Waals surface area contributed by atoms with E-state index < -0.39 is 5.82 Å². The quantitative estimate of drug-likeness (QED) is 0.817. The molecule has 19 heavy (non-hydrogen) atoms. The van der Waals surface area contributed by atoms with Crippen molar-refractivity contribution in [3.8, 4) is 0 Å². The zero-order valence-corrected chi connectivity index (χ0v) is 13.0. The predicted octanol–water partition coefficient (Wildman–Crippen LogP) is 5.20. The van der Waals surface area contributed by atoms with Crippen LogP contribution in [0.1, 0.15) is 29.0 Å². The van der Waals surface area contributed by atoms with E-state index in [0.29, 0.717) is 0 Å². The summed E-state index contributed by atoms with van der Waals surface area (Å²) in [5, 5.41) is 3.48. The van der Waals surface area contributed by atoms with Gasteiger partial charge in [-0.2, -0.15) is 0 Å². The Morgan fingerprint density at radius 2 is 2.05 bits per heavy atom. The van der Waals surface area contributed by atoms with Gasteiger partial charge in [0.15, 0.2) is 0 Å². The smallest absolute Gasteiger partial charge is 0.142 e. The lowest BCUT2D eigenvalue weighted by Crippen LogP contribution is -2.21. The molecule has 0 radical (unpaired) electrons. The Hall–Kier alpha value is -0.610. The Labute approximate surface area is 126 Å². The fourth-order valence-corrected chi connectivity index (χ4v) is 3.34. The van der Waals surface area contributed by atoms with Crippen LogP contribution < -0.4 is 5.32 Å². The SMILES string of the molecule is CCNC(c1ccc(Cl)c(F)c1)c1cc(C)c(Cl)s1. The second-order valence-electron chi connectivity index (χ2n) is 4.27. The van der Waals surface area contributed by atoms with Crippen LogP contribution in [0.5, 0.6) is 0 Å². The lowest BCUT2D eigenvalue weighted by atomic mass is 10.0. The van der Waals surface area contributed by atoms with Crippen LogP contribution in [0.15, 0.2) is 24.3 Å². The van der Waals surface area contributed by atoms with Crippen LogP contribution in [-0.2, 0) is 0 Å². The Bertz CT molecular complexity index is 563. The average Bonchev–Trinajstić information content (AvgIpc) is 2.70. The van der Waals surface area contributed by atoms with E-state index in [1.807, 2.05) is 26.0 Å². The number of hydrogen-bond donors (Lipinski definition) is 1. The molecule has 0 amide bonds. The molecule has 0 saturated heterocycles. The van der Waals surface area contributed by atoms with Crippen molar-refractivity contribution in [1.82, 2.24) is 5.32 Å². The van der Waals surface area contributed by atoms with Crippen LogP contribution in [0, 0.1) is 12.7 Å². The highest BCUT2D eigenvalue weighted by Crippen LogP contribution is 2.34. The standard InChI is InChI=1S/C14H14Cl2FNS/c1-3-18-13(12-6-8(2)14(16)19-12)9-4-5-10(15)11(17)7-9/h4-7,13,18H,3H2,1-2H3. The molecule has 102 valence electrons. The molecule has 1 heterocycles. The summed E-state index contributed by atoms with van der Waals surface area (Å²) in [6.45, 7) is 4.76. The summed E-state index contributed by atoms with van der Waals surface area (Å²) in [4.78, 5) is 1.08. The normalized spacial score (nSPS) is 12.7. The van der Waals surface area contributed by atoms with E-state index in [-0.39, 0.29) is 11.1 Å². The Morgan fingerprint density at radius 3 is 2.58 bits per heavy atom. The largest absolute Gasteiger partial charge is 0.306 e. The number of nitrogens with one attached hydrogen (secondary N) is 1. The molecule has 0 aliphatic heterocycles. The van der Waals surface area contributed by atoms with E-state index in [2.05, 4.69) is 5.32 Å². The van der Waals surface area contributed by atoms with Gasteiger partial charge in [0.1, 0.15) is 5.82 Å². The molecule has 1 aromatic heterocycles. The van der Waals surface area contributed by atoms with E-state index in [0.717, 1.165) is 26.9 Å². The van der Waals surface area contributed by atoms with Crippen LogP contribution in [-0.4, -0.2) is 6.54 Å². The van der Waals surface area contributed by atoms with Gasteiger partial charge in [0.25, 0.3) is 0 Å². The Morgan fingerprint density at radius 1 is 1.32 bits per heavy atom. The first-order valence-corrected chi connectivity index (χ1v) is 7.54. The minimum atomic E-state index is -0.401. The third-order valence-corrected chi connectivity index (χ3v) is 4.77. The molecule has 0 fully saturated rings. The predicted molar refractivity (Wildman–Crippen MR) is 81.0 cm³/mol. The maximum atomic E-state index is 13.6. The first-order valence-electron chi connectivity index (χ1n) is 5.97. The van der Waals surface area contributed by atoms with Gasteiger partial charge in [-0.1, -0.05) is 36.2 Å². The summed E-state index contributed by atoms with van der Waals surface area (Å²) in [5.74, 6) is -0.401. The van der Waals surface area contributed by atoms with Gasteiger partial charge in [-0.15, -0.1) is 11.3 Å². The molecule has 1 nitrogen and oxygen atoms in total. The number of aryl methyl sites for hydroxylation is 1. The molecule has 1 aromatic carbocycles. The molecule has 1 atom stereocenters. The Balaban J connectivity index is 2.41. The highest BCUT2D eigenvalue weighted by molar-refractivity contribution is 7.16. The summed E-state index contributed by atoms with van der Waals surface area (Å²) in [5.41, 5.74) is 1.89. The molecule has 1 N–H and O–H groups in total. The van der Waals surface area contributed by atoms with Crippen LogP contribution in [0.3, 0.4) is 0 Å². The summed E-state index contributed by atoms with van der Waals surface area (Å²) < 4.78 is 14.4. The lowest BCUT2D eigenvalue weighted by molar-refractivity contribution is 0.607. The zero-order chi connectivity index (χ0) is 14.0. The van der Waals surface area contributed by atoms with Crippen LogP contribution in [0.4, 0.5) is 4.39 Å². The van der Waals surface area contributed by atoms with E-state index in [4.69, 9.17) is 23.2 Å². The summed E-state index contributed by atoms with van der Waals surface area (Å²) in [6, 6.07) is 6.86. The second kappa shape index (κ2) is 6.23. The van der Waals surface area contributed by atoms with Gasteiger partial charge in [0, 0.05) is 4.88 Å². The van der Waals surface area contributed by atoms with Gasteiger partial charge < -0.3 is 5.32 Å². The molecule has 0 aliphatic carbocycles. The van der Waals surface area contributed by atoms with Crippen molar-refractivity contribution >= 4 is 34.5 Å². The molecular formula is C14H14Cl2FNS. The van der Waals surface area contributed by atoms with Gasteiger partial charge in [-0.25, -0.2) is 4.39 Å². The fraction of sp³-hybridized carbons (Fsp3) is 0.286. The first-order chi connectivity index (χ1) is 9.02. The van der Waals surface area contributed by atoms with E-state index in [9.17, 15) is 4.39 Å². The molecule has 2 rings (SSSR count). The van der Waals surface area contributed by atoms with Gasteiger partial charge in [0.2, 0.25) is 0 Å². The maximum Gasteiger partial charge on any atom is 0.142 e. The van der Waals surface area contributed by atoms with Gasteiger partial charge >= 0.3 is 0 Å². The molecular weight excluding hydrogens is 304 g/mol. The van der Waals surface area contributed by atoms with Crippen LogP contribution in [0.25, 0.3) is 0 Å². The molecule has 0 saturated carbocycles. The summed E-state index contributed by atoms with van der Waals surface area (Å²) in [7, 11) is 0. The first kappa shape index (κ1) is 14.8. The van der Waals surface area contributed by atoms with Gasteiger partial charge in [0.05, 0.1) is 15.4 Å². The second-order valence-corrected chi connectivity index (χ2v) is 6.36. The number of rotatable bonds is 4. The van der Waals surface area contributed by atoms with E-state index in [1.165, 1.54) is 17.4 Å². The Kier molecular flexibility index (Phi) is 4.85. The van der Waals surface area contributed by atoms with Crippen molar-refractivity contribution in [3.63, 3.8) is 0 Å². The van der Waals surface area contributed by atoms with Crippen molar-refractivity contribution in [2.24, 2.45) is 0 Å². The topological polar surface area (TPSA) is 12.0 Å². The average molecular weight is 318 g/mol. The van der Waals surface area contributed by atoms with E-state index >= 15 is 0 Å². The molecule has 1 unspecified atom stereocenters. The highest BCUT2D eigenvalue weighted by Gasteiger charge is 2.17. The fourth-order valence-electron chi connectivity index (χ4n) is 1.90. The number of thiophene rings is 1. The van der Waals surface area contributed by atoms with Crippen molar-refractivity contribution < 1.29 is 4.39 Å². The van der Waals surface area contributed by atoms with Gasteiger partial charge in [-0.3, -0.25) is 0 Å². The molecule has 0 aliphatic rings. The number of hydrogen-bond acceptors (Lipinski definition) is 2. The third-order valence-electron chi connectivity index (χ3n) is 2.85. The molecule has 0 spiro atoms. The van der Waals surface area contributed by atoms with Crippen molar-refractivity contribution in [2.45, 2.75) is 19.9 Å². The minimum absolute atomic E-state index is 0.0621.